The Kier molecular flexibility index (Phi) is 5.66. The van der Waals surface area contributed by atoms with Crippen molar-refractivity contribution in [1.82, 2.24) is 20.0 Å². The lowest BCUT2D eigenvalue weighted by Gasteiger charge is -2.07. The van der Waals surface area contributed by atoms with Crippen molar-refractivity contribution in [2.75, 3.05) is 12.3 Å². The van der Waals surface area contributed by atoms with Gasteiger partial charge in [-0.1, -0.05) is 50.2 Å². The molecule has 4 aromatic rings. The zero-order valence-electron chi connectivity index (χ0n) is 18.0. The van der Waals surface area contributed by atoms with Gasteiger partial charge in [0.05, 0.1) is 17.2 Å². The molecule has 0 radical (unpaired) electrons. The summed E-state index contributed by atoms with van der Waals surface area (Å²) in [6.07, 6.45) is 2.60. The van der Waals surface area contributed by atoms with Crippen LogP contribution in [0.15, 0.2) is 53.6 Å². The van der Waals surface area contributed by atoms with E-state index in [4.69, 9.17) is 15.7 Å². The molecule has 2 heterocycles. The van der Waals surface area contributed by atoms with Crippen LogP contribution in [-0.2, 0) is 0 Å². The second-order valence-electron chi connectivity index (χ2n) is 8.00. The van der Waals surface area contributed by atoms with Crippen LogP contribution in [0.1, 0.15) is 41.8 Å². The van der Waals surface area contributed by atoms with Gasteiger partial charge in [-0.05, 0) is 42.5 Å². The molecule has 3 N–H and O–H groups in total. The molecule has 158 valence electrons. The SMILES string of the molecule is Cc1ccccc1/C=N\n1c(N)c(C(=O)NCCC(C)C)c2nc3ccccc3nc21. The van der Waals surface area contributed by atoms with Crippen molar-refractivity contribution in [1.29, 1.82) is 0 Å². The second kappa shape index (κ2) is 8.55. The summed E-state index contributed by atoms with van der Waals surface area (Å²) in [6, 6.07) is 15.4. The number of nitrogens with one attached hydrogen (secondary N) is 1. The van der Waals surface area contributed by atoms with Gasteiger partial charge in [-0.2, -0.15) is 9.78 Å². The van der Waals surface area contributed by atoms with E-state index in [0.29, 0.717) is 40.2 Å². The first kappa shape index (κ1) is 20.5. The predicted molar refractivity (Wildman–Crippen MR) is 125 cm³/mol. The third-order valence-electron chi connectivity index (χ3n) is 5.21. The first-order valence-corrected chi connectivity index (χ1v) is 10.4. The van der Waals surface area contributed by atoms with Crippen LogP contribution in [0.2, 0.25) is 0 Å². The van der Waals surface area contributed by atoms with Gasteiger partial charge >= 0.3 is 0 Å². The van der Waals surface area contributed by atoms with Gasteiger partial charge in [0.1, 0.15) is 16.9 Å². The standard InChI is InChI=1S/C24H26N6O/c1-15(2)12-13-26-24(31)20-21-23(29-19-11-7-6-10-18(19)28-21)30(22(20)25)27-14-17-9-5-4-8-16(17)3/h4-11,14-15H,12-13,25H2,1-3H3,(H,26,31)/b27-14-. The number of nitrogens with two attached hydrogens (primary N) is 1. The second-order valence-corrected chi connectivity index (χ2v) is 8.00. The molecule has 0 spiro atoms. The Morgan fingerprint density at radius 1 is 1.13 bits per heavy atom. The highest BCUT2D eigenvalue weighted by molar-refractivity contribution is 6.10. The summed E-state index contributed by atoms with van der Waals surface area (Å²) in [5, 5.41) is 7.52. The summed E-state index contributed by atoms with van der Waals surface area (Å²) in [7, 11) is 0. The van der Waals surface area contributed by atoms with E-state index in [1.54, 1.807) is 6.21 Å². The molecule has 0 aliphatic carbocycles. The molecule has 2 aromatic carbocycles. The maximum Gasteiger partial charge on any atom is 0.257 e. The lowest BCUT2D eigenvalue weighted by atomic mass is 10.1. The highest BCUT2D eigenvalue weighted by Gasteiger charge is 2.24. The summed E-state index contributed by atoms with van der Waals surface area (Å²) >= 11 is 0. The number of nitrogens with zero attached hydrogens (tertiary/aromatic N) is 4. The Balaban J connectivity index is 1.84. The van der Waals surface area contributed by atoms with Crippen LogP contribution in [0.25, 0.3) is 22.2 Å². The number of aryl methyl sites for hydroxylation is 1. The Bertz CT molecular complexity index is 1290. The van der Waals surface area contributed by atoms with Gasteiger partial charge in [0, 0.05) is 6.54 Å². The maximum atomic E-state index is 13.0. The quantitative estimate of drug-likeness (QED) is 0.463. The zero-order valence-corrected chi connectivity index (χ0v) is 18.0. The van der Waals surface area contributed by atoms with E-state index < -0.39 is 0 Å². The van der Waals surface area contributed by atoms with Crippen molar-refractivity contribution in [2.24, 2.45) is 11.0 Å². The maximum absolute atomic E-state index is 13.0. The average molecular weight is 415 g/mol. The van der Waals surface area contributed by atoms with E-state index in [2.05, 4.69) is 24.3 Å². The van der Waals surface area contributed by atoms with Gasteiger partial charge in [-0.3, -0.25) is 4.79 Å². The average Bonchev–Trinajstić information content (AvgIpc) is 3.01. The number of anilines is 1. The number of aromatic nitrogens is 3. The third-order valence-corrected chi connectivity index (χ3v) is 5.21. The van der Waals surface area contributed by atoms with Gasteiger partial charge in [0.15, 0.2) is 5.65 Å². The molecular formula is C24H26N6O. The molecule has 7 heteroatoms. The number of hydrogen-bond acceptors (Lipinski definition) is 5. The molecule has 0 aliphatic heterocycles. The zero-order chi connectivity index (χ0) is 22.0. The van der Waals surface area contributed by atoms with E-state index in [1.165, 1.54) is 4.68 Å². The fraction of sp³-hybridized carbons (Fsp3) is 0.250. The molecule has 0 unspecified atom stereocenters. The van der Waals surface area contributed by atoms with Gasteiger partial charge in [-0.15, -0.1) is 0 Å². The highest BCUT2D eigenvalue weighted by Crippen LogP contribution is 2.28. The van der Waals surface area contributed by atoms with Gasteiger partial charge < -0.3 is 11.1 Å². The predicted octanol–water partition coefficient (Wildman–Crippen LogP) is 4.13. The summed E-state index contributed by atoms with van der Waals surface area (Å²) in [4.78, 5) is 22.4. The van der Waals surface area contributed by atoms with Crippen molar-refractivity contribution >= 4 is 40.1 Å². The molecule has 0 saturated carbocycles. The Morgan fingerprint density at radius 3 is 2.52 bits per heavy atom. The number of para-hydroxylation sites is 2. The number of benzene rings is 2. The Labute approximate surface area is 181 Å². The van der Waals surface area contributed by atoms with Crippen molar-refractivity contribution in [3.8, 4) is 0 Å². The van der Waals surface area contributed by atoms with E-state index in [1.807, 2.05) is 55.5 Å². The third kappa shape index (κ3) is 4.12. The van der Waals surface area contributed by atoms with Crippen molar-refractivity contribution in [3.63, 3.8) is 0 Å². The smallest absolute Gasteiger partial charge is 0.257 e. The lowest BCUT2D eigenvalue weighted by Crippen LogP contribution is -2.26. The van der Waals surface area contributed by atoms with Crippen molar-refractivity contribution in [3.05, 3.63) is 65.2 Å². The van der Waals surface area contributed by atoms with Crippen LogP contribution in [0.3, 0.4) is 0 Å². The van der Waals surface area contributed by atoms with Gasteiger partial charge in [0.2, 0.25) is 0 Å². The molecule has 1 amide bonds. The summed E-state index contributed by atoms with van der Waals surface area (Å²) in [5.41, 5.74) is 11.1. The van der Waals surface area contributed by atoms with Crippen LogP contribution in [-0.4, -0.2) is 33.3 Å². The summed E-state index contributed by atoms with van der Waals surface area (Å²) < 4.78 is 1.50. The number of carbonyl (C=O) groups excluding carboxylic acids is 1. The van der Waals surface area contributed by atoms with E-state index in [9.17, 15) is 4.79 Å². The van der Waals surface area contributed by atoms with E-state index >= 15 is 0 Å². The number of rotatable bonds is 6. The lowest BCUT2D eigenvalue weighted by molar-refractivity contribution is 0.0954. The summed E-state index contributed by atoms with van der Waals surface area (Å²) in [5.74, 6) is 0.441. The normalized spacial score (nSPS) is 11.7. The van der Waals surface area contributed by atoms with Crippen LogP contribution in [0.5, 0.6) is 0 Å². The molecule has 7 nitrogen and oxygen atoms in total. The van der Waals surface area contributed by atoms with Crippen molar-refractivity contribution in [2.45, 2.75) is 27.2 Å². The number of amides is 1. The molecular weight excluding hydrogens is 388 g/mol. The first-order valence-electron chi connectivity index (χ1n) is 10.4. The fourth-order valence-electron chi connectivity index (χ4n) is 3.40. The molecule has 0 fully saturated rings. The minimum absolute atomic E-state index is 0.220. The Morgan fingerprint density at radius 2 is 1.81 bits per heavy atom. The molecule has 0 aliphatic rings. The summed E-state index contributed by atoms with van der Waals surface area (Å²) in [6.45, 7) is 6.81. The molecule has 4 rings (SSSR count). The van der Waals surface area contributed by atoms with E-state index in [-0.39, 0.29) is 11.7 Å². The Hall–Kier alpha value is -3.74. The fourth-order valence-corrected chi connectivity index (χ4v) is 3.40. The molecule has 0 saturated heterocycles. The minimum atomic E-state index is -0.266. The van der Waals surface area contributed by atoms with Gasteiger partial charge in [-0.25, -0.2) is 9.97 Å². The minimum Gasteiger partial charge on any atom is -0.383 e. The topological polar surface area (TPSA) is 98.2 Å². The number of carbonyl (C=O) groups is 1. The largest absolute Gasteiger partial charge is 0.383 e. The number of hydrogen-bond donors (Lipinski definition) is 2. The molecule has 2 aromatic heterocycles. The van der Waals surface area contributed by atoms with Crippen LogP contribution in [0, 0.1) is 12.8 Å². The monoisotopic (exact) mass is 414 g/mol. The van der Waals surface area contributed by atoms with E-state index in [0.717, 1.165) is 17.5 Å². The number of nitrogen functional groups attached to an aromatic ring is 1. The molecule has 0 bridgehead atoms. The van der Waals surface area contributed by atoms with Crippen molar-refractivity contribution < 1.29 is 4.79 Å². The molecule has 0 atom stereocenters. The highest BCUT2D eigenvalue weighted by atomic mass is 16.1. The first-order chi connectivity index (χ1) is 15.0. The number of fused-ring (bicyclic) bond motifs is 2. The van der Waals surface area contributed by atoms with Crippen LogP contribution >= 0.6 is 0 Å². The molecule has 31 heavy (non-hydrogen) atoms. The van der Waals surface area contributed by atoms with Gasteiger partial charge in [0.25, 0.3) is 5.91 Å². The van der Waals surface area contributed by atoms with Crippen LogP contribution < -0.4 is 11.1 Å². The van der Waals surface area contributed by atoms with Crippen LogP contribution in [0.4, 0.5) is 5.82 Å².